The van der Waals surface area contributed by atoms with Gasteiger partial charge in [0.2, 0.25) is 0 Å². The van der Waals surface area contributed by atoms with Gasteiger partial charge in [-0.05, 0) is 36.8 Å². The zero-order valence-electron chi connectivity index (χ0n) is 10.4. The van der Waals surface area contributed by atoms with E-state index in [1.54, 1.807) is 0 Å². The van der Waals surface area contributed by atoms with Crippen LogP contribution in [0.2, 0.25) is 8.67 Å². The Bertz CT molecular complexity index is 611. The molecule has 1 aliphatic heterocycles. The molecular weight excluding hydrogens is 301 g/mol. The first-order valence-corrected chi connectivity index (χ1v) is 7.68. The van der Waals surface area contributed by atoms with Gasteiger partial charge in [-0.25, -0.2) is 0 Å². The summed E-state index contributed by atoms with van der Waals surface area (Å²) in [5.41, 5.74) is 3.37. The van der Waals surface area contributed by atoms with Gasteiger partial charge in [0.05, 0.1) is 21.3 Å². The van der Waals surface area contributed by atoms with Gasteiger partial charge in [0.25, 0.3) is 0 Å². The van der Waals surface area contributed by atoms with Crippen LogP contribution in [0.5, 0.6) is 5.75 Å². The average Bonchev–Trinajstić information content (AvgIpc) is 2.94. The molecule has 19 heavy (non-hydrogen) atoms. The summed E-state index contributed by atoms with van der Waals surface area (Å²) >= 11 is 13.6. The molecule has 0 radical (unpaired) electrons. The molecule has 0 fully saturated rings. The second-order valence-electron chi connectivity index (χ2n) is 4.57. The first kappa shape index (κ1) is 13.1. The van der Waals surface area contributed by atoms with Gasteiger partial charge < -0.3 is 10.1 Å². The fourth-order valence-electron chi connectivity index (χ4n) is 2.25. The Hall–Kier alpha value is -0.900. The maximum atomic E-state index is 6.17. The Kier molecular flexibility index (Phi) is 3.61. The van der Waals surface area contributed by atoms with Gasteiger partial charge >= 0.3 is 0 Å². The molecule has 1 aliphatic rings. The molecule has 3 rings (SSSR count). The summed E-state index contributed by atoms with van der Waals surface area (Å²) in [4.78, 5) is 0. The normalized spacial score (nSPS) is 14.9. The van der Waals surface area contributed by atoms with Crippen molar-refractivity contribution in [3.63, 3.8) is 0 Å². The summed E-state index contributed by atoms with van der Waals surface area (Å²) in [6, 6.07) is 8.22. The van der Waals surface area contributed by atoms with Gasteiger partial charge in [-0.15, -0.1) is 11.3 Å². The highest BCUT2D eigenvalue weighted by Gasteiger charge is 2.15. The molecule has 1 aromatic carbocycles. The number of halogens is 2. The minimum absolute atomic E-state index is 0.122. The number of ether oxygens (including phenoxy) is 1. The van der Waals surface area contributed by atoms with Crippen LogP contribution in [0.4, 0.5) is 5.69 Å². The van der Waals surface area contributed by atoms with E-state index in [1.807, 2.05) is 18.2 Å². The molecule has 0 bridgehead atoms. The zero-order valence-corrected chi connectivity index (χ0v) is 12.7. The molecule has 1 aromatic heterocycles. The molecule has 1 unspecified atom stereocenters. The third kappa shape index (κ3) is 2.69. The summed E-state index contributed by atoms with van der Waals surface area (Å²) < 4.78 is 6.96. The van der Waals surface area contributed by atoms with Crippen LogP contribution in [0.3, 0.4) is 0 Å². The van der Waals surface area contributed by atoms with Gasteiger partial charge in [-0.3, -0.25) is 0 Å². The highest BCUT2D eigenvalue weighted by molar-refractivity contribution is 7.20. The van der Waals surface area contributed by atoms with Crippen LogP contribution in [0.15, 0.2) is 24.3 Å². The SMILES string of the molecule is CC(Nc1ccc2c(c1)CCO2)c1cc(Cl)sc1Cl. The van der Waals surface area contributed by atoms with Gasteiger partial charge in [-0.1, -0.05) is 23.2 Å². The van der Waals surface area contributed by atoms with E-state index in [0.717, 1.165) is 38.7 Å². The molecular formula is C14H13Cl2NOS. The van der Waals surface area contributed by atoms with Crippen molar-refractivity contribution in [1.29, 1.82) is 0 Å². The van der Waals surface area contributed by atoms with Crippen molar-refractivity contribution in [2.45, 2.75) is 19.4 Å². The first-order valence-electron chi connectivity index (χ1n) is 6.10. The molecule has 0 saturated carbocycles. The van der Waals surface area contributed by atoms with Gasteiger partial charge in [-0.2, -0.15) is 0 Å². The van der Waals surface area contributed by atoms with E-state index in [1.165, 1.54) is 16.9 Å². The molecule has 100 valence electrons. The van der Waals surface area contributed by atoms with Crippen molar-refractivity contribution in [2.75, 3.05) is 11.9 Å². The quantitative estimate of drug-likeness (QED) is 0.844. The summed E-state index contributed by atoms with van der Waals surface area (Å²) in [7, 11) is 0. The number of benzene rings is 1. The Morgan fingerprint density at radius 3 is 2.89 bits per heavy atom. The second kappa shape index (κ2) is 5.23. The van der Waals surface area contributed by atoms with Crippen LogP contribution in [-0.4, -0.2) is 6.61 Å². The van der Waals surface area contributed by atoms with Gasteiger partial charge in [0.1, 0.15) is 5.75 Å². The Morgan fingerprint density at radius 2 is 2.16 bits per heavy atom. The molecule has 1 N–H and O–H groups in total. The number of thiophene rings is 1. The fraction of sp³-hybridized carbons (Fsp3) is 0.286. The highest BCUT2D eigenvalue weighted by Crippen LogP contribution is 2.36. The average molecular weight is 314 g/mol. The summed E-state index contributed by atoms with van der Waals surface area (Å²) in [6.07, 6.45) is 0.976. The number of hydrogen-bond acceptors (Lipinski definition) is 3. The number of rotatable bonds is 3. The lowest BCUT2D eigenvalue weighted by molar-refractivity contribution is 0.357. The smallest absolute Gasteiger partial charge is 0.122 e. The molecule has 2 aromatic rings. The van der Waals surface area contributed by atoms with Crippen LogP contribution in [0.25, 0.3) is 0 Å². The van der Waals surface area contributed by atoms with Crippen molar-refractivity contribution in [1.82, 2.24) is 0 Å². The van der Waals surface area contributed by atoms with E-state index in [2.05, 4.69) is 18.3 Å². The number of fused-ring (bicyclic) bond motifs is 1. The summed E-state index contributed by atoms with van der Waals surface area (Å²) in [5, 5.41) is 3.45. The number of nitrogens with one attached hydrogen (secondary N) is 1. The van der Waals surface area contributed by atoms with Crippen LogP contribution in [-0.2, 0) is 6.42 Å². The van der Waals surface area contributed by atoms with E-state index in [0.29, 0.717) is 0 Å². The Balaban J connectivity index is 1.79. The number of hydrogen-bond donors (Lipinski definition) is 1. The third-order valence-electron chi connectivity index (χ3n) is 3.22. The summed E-state index contributed by atoms with van der Waals surface area (Å²) in [6.45, 7) is 2.86. The minimum atomic E-state index is 0.122. The van der Waals surface area contributed by atoms with Gasteiger partial charge in [0.15, 0.2) is 0 Å². The largest absolute Gasteiger partial charge is 0.493 e. The second-order valence-corrected chi connectivity index (χ2v) is 6.85. The molecule has 0 aliphatic carbocycles. The zero-order chi connectivity index (χ0) is 13.4. The standard InChI is InChI=1S/C14H13Cl2NOS/c1-8(11-7-13(15)19-14(11)16)17-10-2-3-12-9(6-10)4-5-18-12/h2-3,6-8,17H,4-5H2,1H3. The van der Waals surface area contributed by atoms with E-state index in [9.17, 15) is 0 Å². The van der Waals surface area contributed by atoms with Gasteiger partial charge in [0, 0.05) is 17.7 Å². The molecule has 1 atom stereocenters. The lowest BCUT2D eigenvalue weighted by atomic mass is 10.1. The number of anilines is 1. The maximum absolute atomic E-state index is 6.17. The molecule has 0 spiro atoms. The molecule has 2 nitrogen and oxygen atoms in total. The molecule has 0 saturated heterocycles. The maximum Gasteiger partial charge on any atom is 0.122 e. The third-order valence-corrected chi connectivity index (χ3v) is 4.74. The lowest BCUT2D eigenvalue weighted by Crippen LogP contribution is -2.06. The summed E-state index contributed by atoms with van der Waals surface area (Å²) in [5.74, 6) is 0.995. The Morgan fingerprint density at radius 1 is 1.32 bits per heavy atom. The predicted molar refractivity (Wildman–Crippen MR) is 82.0 cm³/mol. The van der Waals surface area contributed by atoms with Crippen LogP contribution in [0.1, 0.15) is 24.1 Å². The van der Waals surface area contributed by atoms with Crippen molar-refractivity contribution in [3.05, 3.63) is 44.1 Å². The van der Waals surface area contributed by atoms with Crippen molar-refractivity contribution in [3.8, 4) is 5.75 Å². The van der Waals surface area contributed by atoms with Crippen molar-refractivity contribution < 1.29 is 4.74 Å². The predicted octanol–water partition coefficient (Wildman–Crippen LogP) is 5.16. The van der Waals surface area contributed by atoms with E-state index < -0.39 is 0 Å². The molecule has 2 heterocycles. The van der Waals surface area contributed by atoms with Crippen LogP contribution in [0, 0.1) is 0 Å². The molecule has 0 amide bonds. The van der Waals surface area contributed by atoms with E-state index >= 15 is 0 Å². The van der Waals surface area contributed by atoms with Crippen LogP contribution < -0.4 is 10.1 Å². The monoisotopic (exact) mass is 313 g/mol. The highest BCUT2D eigenvalue weighted by atomic mass is 35.5. The lowest BCUT2D eigenvalue weighted by Gasteiger charge is -2.15. The van der Waals surface area contributed by atoms with Crippen molar-refractivity contribution in [2.24, 2.45) is 0 Å². The topological polar surface area (TPSA) is 21.3 Å². The van der Waals surface area contributed by atoms with E-state index in [-0.39, 0.29) is 6.04 Å². The minimum Gasteiger partial charge on any atom is -0.493 e. The fourth-order valence-corrected chi connectivity index (χ4v) is 3.90. The van der Waals surface area contributed by atoms with Crippen LogP contribution >= 0.6 is 34.5 Å². The first-order chi connectivity index (χ1) is 9.13. The Labute approximate surface area is 126 Å². The van der Waals surface area contributed by atoms with E-state index in [4.69, 9.17) is 27.9 Å². The molecule has 5 heteroatoms. The van der Waals surface area contributed by atoms with Crippen molar-refractivity contribution >= 4 is 40.2 Å².